The van der Waals surface area contributed by atoms with E-state index in [9.17, 15) is 13.0 Å². The van der Waals surface area contributed by atoms with Crippen LogP contribution in [-0.2, 0) is 26.6 Å². The maximum absolute atomic E-state index is 10.4. The monoisotopic (exact) mass is 471 g/mol. The summed E-state index contributed by atoms with van der Waals surface area (Å²) in [6, 6.07) is 17.8. The summed E-state index contributed by atoms with van der Waals surface area (Å²) in [4.78, 5) is -0.178. The van der Waals surface area contributed by atoms with Gasteiger partial charge in [0.15, 0.2) is 18.7 Å². The molecule has 0 bridgehead atoms. The Balaban J connectivity index is 0.000000294. The lowest BCUT2D eigenvalue weighted by Gasteiger charge is -2.14. The summed E-state index contributed by atoms with van der Waals surface area (Å²) >= 11 is 0. The summed E-state index contributed by atoms with van der Waals surface area (Å²) < 4.78 is 48.9. The fourth-order valence-corrected chi connectivity index (χ4v) is 3.06. The van der Waals surface area contributed by atoms with Gasteiger partial charge in [-0.05, 0) is 42.3 Å². The van der Waals surface area contributed by atoms with E-state index in [0.717, 1.165) is 16.9 Å². The van der Waals surface area contributed by atoms with E-state index in [1.807, 2.05) is 55.2 Å². The molecule has 1 aromatic heterocycles. The van der Waals surface area contributed by atoms with E-state index in [1.54, 1.807) is 26.4 Å². The van der Waals surface area contributed by atoms with Crippen LogP contribution in [0.4, 0.5) is 0 Å². The molecule has 0 amide bonds. The van der Waals surface area contributed by atoms with Crippen LogP contribution in [0.15, 0.2) is 78.0 Å². The molecule has 0 spiro atoms. The second-order valence-corrected chi connectivity index (χ2v) is 8.56. The third-order valence-electron chi connectivity index (χ3n) is 4.57. The zero-order valence-corrected chi connectivity index (χ0v) is 20.0. The number of methoxy groups -OCH3 is 2. The predicted molar refractivity (Wildman–Crippen MR) is 125 cm³/mol. The largest absolute Gasteiger partial charge is 0.744 e. The minimum atomic E-state index is -4.27. The molecule has 0 aliphatic carbocycles. The van der Waals surface area contributed by atoms with E-state index in [-0.39, 0.29) is 11.2 Å². The van der Waals surface area contributed by atoms with Gasteiger partial charge in [0.2, 0.25) is 0 Å². The molecule has 0 fully saturated rings. The van der Waals surface area contributed by atoms with E-state index < -0.39 is 10.1 Å². The first-order chi connectivity index (χ1) is 15.7. The molecule has 3 aromatic rings. The number of pyridine rings is 1. The Labute approximate surface area is 195 Å². The molecular weight excluding hydrogens is 442 g/mol. The number of benzene rings is 2. The molecular formula is C25H29NO6S. The maximum Gasteiger partial charge on any atom is 0.191 e. The summed E-state index contributed by atoms with van der Waals surface area (Å²) in [5.41, 5.74) is 3.22. The molecule has 7 nitrogen and oxygen atoms in total. The minimum absolute atomic E-state index is 0.178. The molecule has 33 heavy (non-hydrogen) atoms. The van der Waals surface area contributed by atoms with Crippen molar-refractivity contribution in [2.75, 3.05) is 20.8 Å². The Bertz CT molecular complexity index is 1110. The molecule has 0 atom stereocenters. The van der Waals surface area contributed by atoms with Crippen molar-refractivity contribution in [3.63, 3.8) is 0 Å². The van der Waals surface area contributed by atoms with Gasteiger partial charge in [-0.15, -0.1) is 0 Å². The lowest BCUT2D eigenvalue weighted by molar-refractivity contribution is -0.671. The van der Waals surface area contributed by atoms with Crippen molar-refractivity contribution in [1.82, 2.24) is 0 Å². The summed E-state index contributed by atoms with van der Waals surface area (Å²) in [7, 11) is 0.919. The second kappa shape index (κ2) is 12.9. The number of hydrogen-bond donors (Lipinski definition) is 0. The van der Waals surface area contributed by atoms with Crippen LogP contribution in [0.25, 0.3) is 12.2 Å². The van der Waals surface area contributed by atoms with Gasteiger partial charge in [-0.25, -0.2) is 13.0 Å². The highest BCUT2D eigenvalue weighted by Gasteiger charge is 2.05. The Morgan fingerprint density at radius 1 is 0.879 bits per heavy atom. The van der Waals surface area contributed by atoms with Gasteiger partial charge in [0.25, 0.3) is 0 Å². The van der Waals surface area contributed by atoms with Crippen molar-refractivity contribution in [1.29, 1.82) is 0 Å². The summed E-state index contributed by atoms with van der Waals surface area (Å²) in [5, 5.41) is 0. The molecule has 176 valence electrons. The minimum Gasteiger partial charge on any atom is -0.744 e. The van der Waals surface area contributed by atoms with Crippen molar-refractivity contribution in [2.45, 2.75) is 18.1 Å². The molecule has 0 unspecified atom stereocenters. The molecule has 8 heteroatoms. The van der Waals surface area contributed by atoms with Crippen LogP contribution in [-0.4, -0.2) is 40.1 Å². The van der Waals surface area contributed by atoms with Crippen molar-refractivity contribution in [3.05, 3.63) is 89.7 Å². The first-order valence-electron chi connectivity index (χ1n) is 10.2. The first kappa shape index (κ1) is 26.2. The number of aryl methyl sites for hydroxylation is 2. The molecule has 0 radical (unpaired) electrons. The zero-order valence-electron chi connectivity index (χ0n) is 19.2. The average Bonchev–Trinajstić information content (AvgIpc) is 2.80. The molecule has 1 heterocycles. The van der Waals surface area contributed by atoms with Crippen molar-refractivity contribution in [2.24, 2.45) is 7.05 Å². The van der Waals surface area contributed by atoms with Gasteiger partial charge < -0.3 is 18.8 Å². The van der Waals surface area contributed by atoms with Gasteiger partial charge in [0.05, 0.1) is 4.90 Å². The van der Waals surface area contributed by atoms with Crippen LogP contribution < -0.4 is 9.30 Å². The molecule has 3 rings (SSSR count). The molecule has 0 N–H and O–H groups in total. The van der Waals surface area contributed by atoms with Crippen LogP contribution in [0.5, 0.6) is 5.75 Å². The van der Waals surface area contributed by atoms with E-state index in [0.29, 0.717) is 6.61 Å². The third-order valence-corrected chi connectivity index (χ3v) is 5.42. The molecule has 2 aromatic carbocycles. The quantitative estimate of drug-likeness (QED) is 0.283. The van der Waals surface area contributed by atoms with Crippen LogP contribution in [0.1, 0.15) is 16.7 Å². The first-order valence-corrected chi connectivity index (χ1v) is 11.6. The van der Waals surface area contributed by atoms with Gasteiger partial charge in [0, 0.05) is 26.4 Å². The van der Waals surface area contributed by atoms with Crippen LogP contribution in [0, 0.1) is 6.92 Å². The van der Waals surface area contributed by atoms with Crippen molar-refractivity contribution in [3.8, 4) is 5.75 Å². The summed E-state index contributed by atoms with van der Waals surface area (Å²) in [5.74, 6) is 0.794. The van der Waals surface area contributed by atoms with Crippen molar-refractivity contribution < 1.29 is 31.7 Å². The number of rotatable bonds is 8. The molecule has 0 saturated heterocycles. The Morgan fingerprint density at radius 2 is 1.39 bits per heavy atom. The van der Waals surface area contributed by atoms with E-state index >= 15 is 0 Å². The Hall–Kier alpha value is -3.04. The third kappa shape index (κ3) is 9.55. The topological polar surface area (TPSA) is 88.8 Å². The zero-order chi connectivity index (χ0) is 24.3. The summed E-state index contributed by atoms with van der Waals surface area (Å²) in [6.45, 7) is 2.18. The maximum atomic E-state index is 10.4. The normalized spacial score (nSPS) is 11.3. The van der Waals surface area contributed by atoms with Crippen LogP contribution in [0.2, 0.25) is 0 Å². The highest BCUT2D eigenvalue weighted by Crippen LogP contribution is 2.15. The molecule has 0 aliphatic heterocycles. The number of ether oxygens (including phenoxy) is 3. The Kier molecular flexibility index (Phi) is 10.2. The summed E-state index contributed by atoms with van der Waals surface area (Å²) in [6.07, 6.45) is 7.87. The SMILES string of the molecule is COC(COc1ccc(C=Cc2cc[n+](C)cc2)cc1)OC.Cc1ccc(S(=O)(=O)[O-])cc1. The smallest absolute Gasteiger partial charge is 0.191 e. The second-order valence-electron chi connectivity index (χ2n) is 7.18. The highest BCUT2D eigenvalue weighted by atomic mass is 32.2. The van der Waals surface area contributed by atoms with Gasteiger partial charge in [-0.2, -0.15) is 0 Å². The lowest BCUT2D eigenvalue weighted by atomic mass is 10.1. The molecule has 0 aliphatic rings. The Morgan fingerprint density at radius 3 is 1.88 bits per heavy atom. The average molecular weight is 472 g/mol. The van der Waals surface area contributed by atoms with E-state index in [4.69, 9.17) is 14.2 Å². The molecule has 0 saturated carbocycles. The van der Waals surface area contributed by atoms with E-state index in [2.05, 4.69) is 24.3 Å². The van der Waals surface area contributed by atoms with Crippen LogP contribution in [0.3, 0.4) is 0 Å². The van der Waals surface area contributed by atoms with Gasteiger partial charge >= 0.3 is 0 Å². The standard InChI is InChI=1S/C18H22NO3.C7H8O3S/c1-19-12-10-16(11-13-19)5-4-15-6-8-17(9-7-15)22-14-18(20-2)21-3;1-6-2-4-7(5-3-6)11(8,9)10/h4-13,18H,14H2,1-3H3;2-5H,1H3,(H,8,9,10)/q+1;/p-1. The fourth-order valence-electron chi connectivity index (χ4n) is 2.59. The number of nitrogens with zero attached hydrogens (tertiary/aromatic N) is 1. The van der Waals surface area contributed by atoms with Gasteiger partial charge in [-0.1, -0.05) is 42.0 Å². The van der Waals surface area contributed by atoms with Crippen LogP contribution >= 0.6 is 0 Å². The lowest BCUT2D eigenvalue weighted by Crippen LogP contribution is -2.25. The predicted octanol–water partition coefficient (Wildman–Crippen LogP) is 3.58. The number of aromatic nitrogens is 1. The van der Waals surface area contributed by atoms with Crippen molar-refractivity contribution >= 4 is 22.3 Å². The highest BCUT2D eigenvalue weighted by molar-refractivity contribution is 7.85. The van der Waals surface area contributed by atoms with Gasteiger partial charge in [-0.3, -0.25) is 0 Å². The van der Waals surface area contributed by atoms with Gasteiger partial charge in [0.1, 0.15) is 29.5 Å². The van der Waals surface area contributed by atoms with E-state index in [1.165, 1.54) is 17.7 Å². The fraction of sp³-hybridized carbons (Fsp3) is 0.240. The number of hydrogen-bond acceptors (Lipinski definition) is 6.